The Bertz CT molecular complexity index is 949. The number of thiophene rings is 1. The van der Waals surface area contributed by atoms with E-state index < -0.39 is 0 Å². The first kappa shape index (κ1) is 16.5. The van der Waals surface area contributed by atoms with Gasteiger partial charge in [-0.25, -0.2) is 4.98 Å². The van der Waals surface area contributed by atoms with Gasteiger partial charge in [-0.3, -0.25) is 5.10 Å². The topological polar surface area (TPSA) is 80.5 Å². The van der Waals surface area contributed by atoms with Gasteiger partial charge in [0.1, 0.15) is 5.82 Å². The normalized spacial score (nSPS) is 11.1. The molecule has 9 heteroatoms. The van der Waals surface area contributed by atoms with Crippen molar-refractivity contribution >= 4 is 39.0 Å². The molecule has 0 amide bonds. The predicted molar refractivity (Wildman–Crippen MR) is 101 cm³/mol. The number of thioether (sulfide) groups is 1. The number of aromatic nitrogens is 5. The summed E-state index contributed by atoms with van der Waals surface area (Å²) in [7, 11) is 0. The Hall–Kier alpha value is -1.97. The van der Waals surface area contributed by atoms with Gasteiger partial charge in [-0.2, -0.15) is 0 Å². The maximum Gasteiger partial charge on any atom is 0.247 e. The van der Waals surface area contributed by atoms with Gasteiger partial charge in [-0.15, -0.1) is 26.6 Å². The summed E-state index contributed by atoms with van der Waals surface area (Å²) in [6.07, 6.45) is 0.763. The van der Waals surface area contributed by atoms with Gasteiger partial charge in [0.2, 0.25) is 16.9 Å². The molecule has 0 aliphatic carbocycles. The zero-order chi connectivity index (χ0) is 17.1. The molecule has 0 aliphatic rings. The Balaban J connectivity index is 1.37. The lowest BCUT2D eigenvalue weighted by Gasteiger charge is -1.94. The van der Waals surface area contributed by atoms with E-state index in [0.29, 0.717) is 22.7 Å². The third kappa shape index (κ3) is 4.17. The standard InChI is InChI=1S/C16H12BrN5OS2/c17-11-5-3-10(4-6-11)15-21-20-14(23-15)9-25-16-18-13(19-22-16)8-12-2-1-7-24-12/h1-7H,8-9H2,(H,18,19,22). The minimum atomic E-state index is 0.511. The summed E-state index contributed by atoms with van der Waals surface area (Å²) in [5.41, 5.74) is 0.892. The van der Waals surface area contributed by atoms with Crippen LogP contribution in [0.15, 0.2) is 55.8 Å². The van der Waals surface area contributed by atoms with Crippen LogP contribution >= 0.6 is 39.0 Å². The summed E-state index contributed by atoms with van der Waals surface area (Å²) in [5, 5.41) is 18.1. The lowest BCUT2D eigenvalue weighted by Crippen LogP contribution is -1.87. The third-order valence-corrected chi connectivity index (χ3v) is 5.55. The summed E-state index contributed by atoms with van der Waals surface area (Å²) in [4.78, 5) is 5.74. The smallest absolute Gasteiger partial charge is 0.247 e. The van der Waals surface area contributed by atoms with Gasteiger partial charge in [0.05, 0.1) is 5.75 Å². The predicted octanol–water partition coefficient (Wildman–Crippen LogP) is 4.56. The van der Waals surface area contributed by atoms with Gasteiger partial charge in [0, 0.05) is 21.3 Å². The first-order chi connectivity index (χ1) is 12.3. The molecule has 0 bridgehead atoms. The summed E-state index contributed by atoms with van der Waals surface area (Å²) in [5.74, 6) is 2.44. The highest BCUT2D eigenvalue weighted by Gasteiger charge is 2.11. The first-order valence-corrected chi connectivity index (χ1v) is 10.1. The Morgan fingerprint density at radius 3 is 2.84 bits per heavy atom. The van der Waals surface area contributed by atoms with E-state index in [2.05, 4.69) is 52.8 Å². The highest BCUT2D eigenvalue weighted by Crippen LogP contribution is 2.24. The van der Waals surface area contributed by atoms with E-state index in [0.717, 1.165) is 22.3 Å². The number of nitrogens with one attached hydrogen (secondary N) is 1. The van der Waals surface area contributed by atoms with Crippen LogP contribution in [-0.2, 0) is 12.2 Å². The van der Waals surface area contributed by atoms with Gasteiger partial charge in [0.25, 0.3) is 0 Å². The van der Waals surface area contributed by atoms with Gasteiger partial charge < -0.3 is 4.42 Å². The molecule has 1 N–H and O–H groups in total. The van der Waals surface area contributed by atoms with Crippen molar-refractivity contribution in [2.45, 2.75) is 17.3 Å². The molecule has 0 atom stereocenters. The molecule has 0 saturated heterocycles. The van der Waals surface area contributed by atoms with Gasteiger partial charge in [0.15, 0.2) is 0 Å². The average Bonchev–Trinajstić information content (AvgIpc) is 3.36. The molecule has 3 heterocycles. The highest BCUT2D eigenvalue weighted by molar-refractivity contribution is 9.10. The van der Waals surface area contributed by atoms with Crippen LogP contribution in [0.1, 0.15) is 16.6 Å². The molecule has 0 saturated carbocycles. The van der Waals surface area contributed by atoms with E-state index in [1.54, 1.807) is 11.3 Å². The number of nitrogens with zero attached hydrogens (tertiary/aromatic N) is 4. The average molecular weight is 434 g/mol. The van der Waals surface area contributed by atoms with Gasteiger partial charge in [-0.1, -0.05) is 33.8 Å². The maximum absolute atomic E-state index is 5.70. The second-order valence-corrected chi connectivity index (χ2v) is 8.01. The molecule has 1 aromatic carbocycles. The van der Waals surface area contributed by atoms with Crippen LogP contribution in [0.3, 0.4) is 0 Å². The van der Waals surface area contributed by atoms with Crippen molar-refractivity contribution in [3.63, 3.8) is 0 Å². The number of rotatable bonds is 6. The molecule has 3 aromatic heterocycles. The Kier molecular flexibility index (Phi) is 4.95. The van der Waals surface area contributed by atoms with Crippen molar-refractivity contribution in [1.29, 1.82) is 0 Å². The molecule has 4 aromatic rings. The monoisotopic (exact) mass is 433 g/mol. The molecule has 126 valence electrons. The van der Waals surface area contributed by atoms with Crippen LogP contribution in [0.2, 0.25) is 0 Å². The molecule has 0 radical (unpaired) electrons. The zero-order valence-electron chi connectivity index (χ0n) is 12.8. The molecule has 0 unspecified atom stereocenters. The molecule has 0 fully saturated rings. The van der Waals surface area contributed by atoms with Crippen molar-refractivity contribution < 1.29 is 4.42 Å². The van der Waals surface area contributed by atoms with Crippen molar-refractivity contribution in [1.82, 2.24) is 25.4 Å². The lowest BCUT2D eigenvalue weighted by atomic mass is 10.2. The second kappa shape index (κ2) is 7.51. The van der Waals surface area contributed by atoms with Crippen molar-refractivity contribution in [3.05, 3.63) is 62.8 Å². The number of H-pyrrole nitrogens is 1. The summed E-state index contributed by atoms with van der Waals surface area (Å²) < 4.78 is 6.71. The number of hydrogen-bond acceptors (Lipinski definition) is 7. The molecule has 6 nitrogen and oxygen atoms in total. The molecule has 4 rings (SSSR count). The lowest BCUT2D eigenvalue weighted by molar-refractivity contribution is 0.528. The minimum Gasteiger partial charge on any atom is -0.420 e. The molecule has 25 heavy (non-hydrogen) atoms. The Labute approximate surface area is 160 Å². The van der Waals surface area contributed by atoms with E-state index >= 15 is 0 Å². The van der Waals surface area contributed by atoms with E-state index in [1.165, 1.54) is 16.6 Å². The largest absolute Gasteiger partial charge is 0.420 e. The Morgan fingerprint density at radius 2 is 2.04 bits per heavy atom. The van der Waals surface area contributed by atoms with E-state index in [1.807, 2.05) is 30.3 Å². The Morgan fingerprint density at radius 1 is 1.16 bits per heavy atom. The fraction of sp³-hybridized carbons (Fsp3) is 0.125. The van der Waals surface area contributed by atoms with Crippen molar-refractivity contribution in [2.75, 3.05) is 0 Å². The van der Waals surface area contributed by atoms with Gasteiger partial charge in [-0.05, 0) is 35.7 Å². The molecular weight excluding hydrogens is 422 g/mol. The van der Waals surface area contributed by atoms with Crippen LogP contribution in [0, 0.1) is 0 Å². The summed E-state index contributed by atoms with van der Waals surface area (Å²) in [6, 6.07) is 11.9. The molecule has 0 aliphatic heterocycles. The van der Waals surface area contributed by atoms with E-state index in [9.17, 15) is 0 Å². The van der Waals surface area contributed by atoms with Crippen LogP contribution in [-0.4, -0.2) is 25.4 Å². The fourth-order valence-corrected chi connectivity index (χ4v) is 3.77. The maximum atomic E-state index is 5.70. The van der Waals surface area contributed by atoms with Crippen LogP contribution in [0.4, 0.5) is 0 Å². The number of hydrogen-bond donors (Lipinski definition) is 1. The van der Waals surface area contributed by atoms with Crippen molar-refractivity contribution in [2.24, 2.45) is 0 Å². The van der Waals surface area contributed by atoms with Crippen molar-refractivity contribution in [3.8, 4) is 11.5 Å². The minimum absolute atomic E-state index is 0.511. The fourth-order valence-electron chi connectivity index (χ4n) is 2.15. The number of halogens is 1. The van der Waals surface area contributed by atoms with Crippen LogP contribution in [0.25, 0.3) is 11.5 Å². The molecular formula is C16H12BrN5OS2. The van der Waals surface area contributed by atoms with E-state index in [-0.39, 0.29) is 0 Å². The number of benzene rings is 1. The molecule has 0 spiro atoms. The van der Waals surface area contributed by atoms with E-state index in [4.69, 9.17) is 4.42 Å². The number of aromatic amines is 1. The van der Waals surface area contributed by atoms with Gasteiger partial charge >= 0.3 is 0 Å². The van der Waals surface area contributed by atoms with Crippen LogP contribution in [0.5, 0.6) is 0 Å². The van der Waals surface area contributed by atoms with Crippen LogP contribution < -0.4 is 0 Å². The zero-order valence-corrected chi connectivity index (χ0v) is 16.1. The SMILES string of the molecule is Brc1ccc(-c2nnc(CSc3n[nH]c(Cc4cccs4)n3)o2)cc1. The highest BCUT2D eigenvalue weighted by atomic mass is 79.9. The first-order valence-electron chi connectivity index (χ1n) is 7.41. The second-order valence-electron chi connectivity index (χ2n) is 5.12. The summed E-state index contributed by atoms with van der Waals surface area (Å²) >= 11 is 6.58. The quantitative estimate of drug-likeness (QED) is 0.448. The summed E-state index contributed by atoms with van der Waals surface area (Å²) in [6.45, 7) is 0. The third-order valence-electron chi connectivity index (χ3n) is 3.32.